The zero-order valence-corrected chi connectivity index (χ0v) is 21.2. The molecule has 194 valence electrons. The summed E-state index contributed by atoms with van der Waals surface area (Å²) in [7, 11) is 0. The molecule has 2 amide bonds. The van der Waals surface area contributed by atoms with Gasteiger partial charge in [-0.2, -0.15) is 0 Å². The first-order chi connectivity index (χ1) is 17.2. The Kier molecular flexibility index (Phi) is 8.18. The van der Waals surface area contributed by atoms with Crippen LogP contribution in [0.3, 0.4) is 0 Å². The summed E-state index contributed by atoms with van der Waals surface area (Å²) in [6.07, 6.45) is 7.60. The van der Waals surface area contributed by atoms with E-state index in [2.05, 4.69) is 14.9 Å². The fourth-order valence-corrected chi connectivity index (χ4v) is 5.01. The number of amides is 2. The summed E-state index contributed by atoms with van der Waals surface area (Å²) in [6.45, 7) is 6.57. The fourth-order valence-electron chi connectivity index (χ4n) is 5.01. The highest BCUT2D eigenvalue weighted by Crippen LogP contribution is 2.24. The number of primary amides is 1. The summed E-state index contributed by atoms with van der Waals surface area (Å²) >= 11 is 0. The van der Waals surface area contributed by atoms with Gasteiger partial charge in [0.2, 0.25) is 11.8 Å². The Bertz CT molecular complexity index is 1030. The number of benzene rings is 1. The summed E-state index contributed by atoms with van der Waals surface area (Å²) in [6, 6.07) is 6.60. The molecule has 0 radical (unpaired) electrons. The van der Waals surface area contributed by atoms with Crippen LogP contribution >= 0.6 is 0 Å². The highest BCUT2D eigenvalue weighted by Gasteiger charge is 2.31. The Hall–Kier alpha value is -3.07. The number of nitrogens with two attached hydrogens (primary N) is 1. The Morgan fingerprint density at radius 3 is 2.39 bits per heavy atom. The van der Waals surface area contributed by atoms with Crippen LogP contribution in [0, 0.1) is 5.92 Å². The van der Waals surface area contributed by atoms with Gasteiger partial charge >= 0.3 is 0 Å². The highest BCUT2D eigenvalue weighted by molar-refractivity contribution is 5.97. The lowest BCUT2D eigenvalue weighted by Crippen LogP contribution is -2.50. The SMILES string of the molecule is CC(C)(F)CN1CCC(COc2cnc(-c3ccc(C(=O)N4CCCCC4C(N)=O)cc3)cn2)CC1. The first-order valence-electron chi connectivity index (χ1n) is 12.8. The lowest BCUT2D eigenvalue weighted by molar-refractivity contribution is -0.123. The lowest BCUT2D eigenvalue weighted by atomic mass is 9.97. The second-order valence-electron chi connectivity index (χ2n) is 10.5. The third-order valence-electron chi connectivity index (χ3n) is 6.92. The van der Waals surface area contributed by atoms with Gasteiger partial charge in [-0.25, -0.2) is 14.4 Å². The zero-order chi connectivity index (χ0) is 25.7. The largest absolute Gasteiger partial charge is 0.476 e. The number of halogens is 1. The molecule has 1 aromatic carbocycles. The second kappa shape index (κ2) is 11.3. The summed E-state index contributed by atoms with van der Waals surface area (Å²) in [5.74, 6) is 0.257. The Labute approximate surface area is 212 Å². The Balaban J connectivity index is 1.29. The number of piperidine rings is 2. The zero-order valence-electron chi connectivity index (χ0n) is 21.2. The van der Waals surface area contributed by atoms with Crippen molar-refractivity contribution in [3.05, 3.63) is 42.2 Å². The van der Waals surface area contributed by atoms with Crippen LogP contribution in [0.4, 0.5) is 4.39 Å². The first kappa shape index (κ1) is 26.0. The molecule has 4 rings (SSSR count). The molecule has 0 bridgehead atoms. The van der Waals surface area contributed by atoms with Crippen LogP contribution in [-0.2, 0) is 4.79 Å². The van der Waals surface area contributed by atoms with Crippen molar-refractivity contribution in [1.29, 1.82) is 0 Å². The summed E-state index contributed by atoms with van der Waals surface area (Å²) in [5, 5.41) is 0. The predicted molar refractivity (Wildman–Crippen MR) is 135 cm³/mol. The van der Waals surface area contributed by atoms with Gasteiger partial charge in [-0.05, 0) is 77.1 Å². The number of ether oxygens (including phenoxy) is 1. The average Bonchev–Trinajstić information content (AvgIpc) is 2.87. The van der Waals surface area contributed by atoms with Gasteiger partial charge in [0.15, 0.2) is 0 Å². The molecule has 1 aromatic heterocycles. The molecule has 36 heavy (non-hydrogen) atoms. The van der Waals surface area contributed by atoms with Gasteiger partial charge in [0, 0.05) is 24.2 Å². The molecule has 8 nitrogen and oxygen atoms in total. The minimum Gasteiger partial charge on any atom is -0.476 e. The van der Waals surface area contributed by atoms with Crippen LogP contribution in [-0.4, -0.2) is 76.1 Å². The predicted octanol–water partition coefficient (Wildman–Crippen LogP) is 3.46. The molecular formula is C27H36FN5O3. The molecule has 3 heterocycles. The van der Waals surface area contributed by atoms with Gasteiger partial charge in [-0.15, -0.1) is 0 Å². The van der Waals surface area contributed by atoms with E-state index in [1.54, 1.807) is 43.3 Å². The summed E-state index contributed by atoms with van der Waals surface area (Å²) in [4.78, 5) is 37.3. The lowest BCUT2D eigenvalue weighted by Gasteiger charge is -2.34. The van der Waals surface area contributed by atoms with Gasteiger partial charge in [0.25, 0.3) is 5.91 Å². The van der Waals surface area contributed by atoms with Crippen molar-refractivity contribution in [2.24, 2.45) is 11.7 Å². The van der Waals surface area contributed by atoms with Crippen LogP contribution in [0.15, 0.2) is 36.7 Å². The standard InChI is InChI=1S/C27H36FN5O3/c1-27(2,28)18-32-13-10-19(11-14-32)17-36-24-16-30-22(15-31-24)20-6-8-21(9-7-20)26(35)33-12-4-3-5-23(33)25(29)34/h6-9,15-16,19,23H,3-5,10-14,17-18H2,1-2H3,(H2,29,34). The van der Waals surface area contributed by atoms with Crippen LogP contribution in [0.25, 0.3) is 11.3 Å². The van der Waals surface area contributed by atoms with Crippen LogP contribution in [0.2, 0.25) is 0 Å². The van der Waals surface area contributed by atoms with E-state index in [0.717, 1.165) is 44.3 Å². The number of aromatic nitrogens is 2. The van der Waals surface area contributed by atoms with E-state index in [4.69, 9.17) is 10.5 Å². The molecule has 0 saturated carbocycles. The van der Waals surface area contributed by atoms with E-state index in [-0.39, 0.29) is 5.91 Å². The fraction of sp³-hybridized carbons (Fsp3) is 0.556. The molecular weight excluding hydrogens is 461 g/mol. The van der Waals surface area contributed by atoms with Crippen molar-refractivity contribution in [3.63, 3.8) is 0 Å². The maximum absolute atomic E-state index is 13.9. The van der Waals surface area contributed by atoms with E-state index in [0.29, 0.717) is 49.2 Å². The van der Waals surface area contributed by atoms with Crippen molar-refractivity contribution >= 4 is 11.8 Å². The number of alkyl halides is 1. The summed E-state index contributed by atoms with van der Waals surface area (Å²) < 4.78 is 19.7. The molecule has 9 heteroatoms. The van der Waals surface area contributed by atoms with Crippen molar-refractivity contribution in [2.75, 3.05) is 32.8 Å². The number of nitrogens with zero attached hydrogens (tertiary/aromatic N) is 4. The van der Waals surface area contributed by atoms with Crippen LogP contribution < -0.4 is 10.5 Å². The molecule has 0 aliphatic carbocycles. The van der Waals surface area contributed by atoms with Crippen molar-refractivity contribution in [3.8, 4) is 17.1 Å². The second-order valence-corrected chi connectivity index (χ2v) is 10.5. The molecule has 2 aliphatic heterocycles. The van der Waals surface area contributed by atoms with E-state index >= 15 is 0 Å². The number of carbonyl (C=O) groups excluding carboxylic acids is 2. The highest BCUT2D eigenvalue weighted by atomic mass is 19.1. The van der Waals surface area contributed by atoms with Crippen LogP contribution in [0.1, 0.15) is 56.3 Å². The maximum Gasteiger partial charge on any atom is 0.254 e. The van der Waals surface area contributed by atoms with E-state index < -0.39 is 17.6 Å². The number of likely N-dealkylation sites (tertiary alicyclic amines) is 2. The smallest absolute Gasteiger partial charge is 0.254 e. The normalized spacial score (nSPS) is 19.8. The van der Waals surface area contributed by atoms with Crippen LogP contribution in [0.5, 0.6) is 5.88 Å². The van der Waals surface area contributed by atoms with Crippen molar-refractivity contribution in [2.45, 2.75) is 57.7 Å². The molecule has 0 spiro atoms. The number of carbonyl (C=O) groups is 2. The van der Waals surface area contributed by atoms with Crippen molar-refractivity contribution < 1.29 is 18.7 Å². The van der Waals surface area contributed by atoms with Gasteiger partial charge in [0.05, 0.1) is 24.7 Å². The Morgan fingerprint density at radius 2 is 1.78 bits per heavy atom. The van der Waals surface area contributed by atoms with E-state index in [1.165, 1.54) is 0 Å². The quantitative estimate of drug-likeness (QED) is 0.599. The third kappa shape index (κ3) is 6.78. The van der Waals surface area contributed by atoms with E-state index in [1.807, 2.05) is 12.1 Å². The van der Waals surface area contributed by atoms with Gasteiger partial charge in [-0.1, -0.05) is 12.1 Å². The maximum atomic E-state index is 13.9. The average molecular weight is 498 g/mol. The van der Waals surface area contributed by atoms with E-state index in [9.17, 15) is 14.0 Å². The third-order valence-corrected chi connectivity index (χ3v) is 6.92. The van der Waals surface area contributed by atoms with Crippen molar-refractivity contribution in [1.82, 2.24) is 19.8 Å². The minimum absolute atomic E-state index is 0.181. The molecule has 2 N–H and O–H groups in total. The molecule has 2 saturated heterocycles. The van der Waals surface area contributed by atoms with Gasteiger partial charge in [-0.3, -0.25) is 9.59 Å². The monoisotopic (exact) mass is 497 g/mol. The molecule has 2 aromatic rings. The van der Waals surface area contributed by atoms with Gasteiger partial charge < -0.3 is 20.3 Å². The molecule has 2 aliphatic rings. The topological polar surface area (TPSA) is 102 Å². The molecule has 2 fully saturated rings. The molecule has 1 atom stereocenters. The molecule has 1 unspecified atom stereocenters. The number of hydrogen-bond acceptors (Lipinski definition) is 6. The summed E-state index contributed by atoms with van der Waals surface area (Å²) in [5.41, 5.74) is 6.36. The van der Waals surface area contributed by atoms with Gasteiger partial charge in [0.1, 0.15) is 11.7 Å². The first-order valence-corrected chi connectivity index (χ1v) is 12.8. The Morgan fingerprint density at radius 1 is 1.06 bits per heavy atom. The minimum atomic E-state index is -1.17. The number of hydrogen-bond donors (Lipinski definition) is 1. The number of rotatable bonds is 8.